The summed E-state index contributed by atoms with van der Waals surface area (Å²) in [6.07, 6.45) is 8.85. The predicted molar refractivity (Wildman–Crippen MR) is 101 cm³/mol. The first-order valence-corrected chi connectivity index (χ1v) is 10.7. The Balaban J connectivity index is 1.53. The van der Waals surface area contributed by atoms with Crippen LogP contribution < -0.4 is 10.1 Å². The fraction of sp³-hybridized carbons (Fsp3) is 0.750. The fourth-order valence-corrected chi connectivity index (χ4v) is 6.53. The molecule has 4 fully saturated rings. The summed E-state index contributed by atoms with van der Waals surface area (Å²) >= 11 is 1.44. The lowest BCUT2D eigenvalue weighted by molar-refractivity contribution is -0.148. The maximum absolute atomic E-state index is 13.3. The van der Waals surface area contributed by atoms with Crippen molar-refractivity contribution in [3.8, 4) is 0 Å². The Bertz CT molecular complexity index is 741. The van der Waals surface area contributed by atoms with E-state index >= 15 is 0 Å². The maximum Gasteiger partial charge on any atom is 0.271 e. The average molecular weight is 376 g/mol. The highest BCUT2D eigenvalue weighted by molar-refractivity contribution is 7.07. The number of hydrogen-bond acceptors (Lipinski definition) is 3. The van der Waals surface area contributed by atoms with E-state index in [9.17, 15) is 9.59 Å². The first-order valence-electron chi connectivity index (χ1n) is 9.86. The Morgan fingerprint density at radius 2 is 1.77 bits per heavy atom. The molecule has 5 rings (SSSR count). The van der Waals surface area contributed by atoms with Crippen LogP contribution >= 0.6 is 11.3 Å². The summed E-state index contributed by atoms with van der Waals surface area (Å²) in [5.74, 6) is 2.04. The standard InChI is InChI=1S/C20H29N3O2S/c1-12(2)16(17(24)22-19-23(3)4-5-26-19)21-18(25)20-9-13-6-14(10-20)8-15(7-13)11-20/h4-5,12-16H,6-11H2,1-3H3,(H,21,25). The number of hydrogen-bond donors (Lipinski definition) is 1. The molecule has 1 unspecified atom stereocenters. The summed E-state index contributed by atoms with van der Waals surface area (Å²) in [5, 5.41) is 5.03. The Labute approximate surface area is 158 Å². The number of carbonyl (C=O) groups is 2. The normalized spacial score (nSPS) is 34.3. The van der Waals surface area contributed by atoms with Crippen LogP contribution in [0.5, 0.6) is 0 Å². The molecule has 26 heavy (non-hydrogen) atoms. The fourth-order valence-electron chi connectivity index (χ4n) is 5.80. The number of aromatic nitrogens is 1. The largest absolute Gasteiger partial charge is 0.343 e. The molecule has 0 spiro atoms. The molecular weight excluding hydrogens is 346 g/mol. The third-order valence-electron chi connectivity index (χ3n) is 6.70. The summed E-state index contributed by atoms with van der Waals surface area (Å²) in [4.78, 5) is 31.0. The van der Waals surface area contributed by atoms with Crippen LogP contribution in [0.25, 0.3) is 0 Å². The molecule has 1 atom stereocenters. The molecular formula is C20H29N3O2S. The summed E-state index contributed by atoms with van der Waals surface area (Å²) in [7, 11) is 1.88. The van der Waals surface area contributed by atoms with Crippen LogP contribution in [0.4, 0.5) is 0 Å². The number of nitrogens with zero attached hydrogens (tertiary/aromatic N) is 2. The molecule has 0 aliphatic heterocycles. The van der Waals surface area contributed by atoms with Crippen molar-refractivity contribution >= 4 is 23.2 Å². The van der Waals surface area contributed by atoms with Crippen molar-refractivity contribution in [3.63, 3.8) is 0 Å². The average Bonchev–Trinajstić information content (AvgIpc) is 2.95. The second-order valence-corrected chi connectivity index (χ2v) is 10.0. The molecule has 1 heterocycles. The Morgan fingerprint density at radius 1 is 1.19 bits per heavy atom. The lowest BCUT2D eigenvalue weighted by Crippen LogP contribution is -2.57. The Hall–Kier alpha value is -1.43. The van der Waals surface area contributed by atoms with Gasteiger partial charge in [0.05, 0.1) is 0 Å². The number of amides is 2. The van der Waals surface area contributed by atoms with Gasteiger partial charge in [-0.2, -0.15) is 4.99 Å². The van der Waals surface area contributed by atoms with Crippen molar-refractivity contribution in [2.24, 2.45) is 41.1 Å². The number of carbonyl (C=O) groups excluding carboxylic acids is 2. The van der Waals surface area contributed by atoms with Crippen LogP contribution in [0.3, 0.4) is 0 Å². The third-order valence-corrected chi connectivity index (χ3v) is 7.55. The highest BCUT2D eigenvalue weighted by atomic mass is 32.1. The van der Waals surface area contributed by atoms with E-state index < -0.39 is 6.04 Å². The molecule has 6 heteroatoms. The van der Waals surface area contributed by atoms with Gasteiger partial charge < -0.3 is 9.88 Å². The Kier molecular flexibility index (Phi) is 4.58. The van der Waals surface area contributed by atoms with Crippen molar-refractivity contribution in [2.75, 3.05) is 0 Å². The van der Waals surface area contributed by atoms with Gasteiger partial charge in [-0.05, 0) is 62.2 Å². The SMILES string of the molecule is CC(C)C(NC(=O)C12CC3CC(CC(C3)C1)C2)C(=O)N=c1sccn1C. The number of nitrogens with one attached hydrogen (secondary N) is 1. The van der Waals surface area contributed by atoms with E-state index in [4.69, 9.17) is 0 Å². The lowest BCUT2D eigenvalue weighted by Gasteiger charge is -2.55. The van der Waals surface area contributed by atoms with Gasteiger partial charge in [0.2, 0.25) is 5.91 Å². The molecule has 2 amide bonds. The predicted octanol–water partition coefficient (Wildman–Crippen LogP) is 2.87. The first-order chi connectivity index (χ1) is 12.4. The molecule has 0 saturated heterocycles. The van der Waals surface area contributed by atoms with Gasteiger partial charge in [-0.3, -0.25) is 9.59 Å². The number of rotatable bonds is 4. The zero-order valence-corrected chi connectivity index (χ0v) is 16.7. The van der Waals surface area contributed by atoms with Gasteiger partial charge >= 0.3 is 0 Å². The minimum atomic E-state index is -0.544. The molecule has 4 aliphatic rings. The van der Waals surface area contributed by atoms with Gasteiger partial charge in [-0.1, -0.05) is 13.8 Å². The van der Waals surface area contributed by atoms with Crippen LogP contribution in [-0.4, -0.2) is 22.4 Å². The smallest absolute Gasteiger partial charge is 0.271 e. The number of aryl methyl sites for hydroxylation is 1. The van der Waals surface area contributed by atoms with Crippen LogP contribution in [0.1, 0.15) is 52.4 Å². The Morgan fingerprint density at radius 3 is 2.23 bits per heavy atom. The van der Waals surface area contributed by atoms with E-state index in [0.29, 0.717) is 4.80 Å². The van der Waals surface area contributed by atoms with Gasteiger partial charge in [0.25, 0.3) is 5.91 Å². The molecule has 1 aromatic rings. The molecule has 4 bridgehead atoms. The van der Waals surface area contributed by atoms with Crippen LogP contribution in [0, 0.1) is 29.1 Å². The molecule has 0 radical (unpaired) electrons. The van der Waals surface area contributed by atoms with Crippen molar-refractivity contribution in [1.82, 2.24) is 9.88 Å². The van der Waals surface area contributed by atoms with Crippen molar-refractivity contribution in [3.05, 3.63) is 16.4 Å². The summed E-state index contributed by atoms with van der Waals surface area (Å²) in [6, 6.07) is -0.544. The van der Waals surface area contributed by atoms with Gasteiger partial charge in [0.15, 0.2) is 4.80 Å². The maximum atomic E-state index is 13.3. The molecule has 5 nitrogen and oxygen atoms in total. The molecule has 142 valence electrons. The summed E-state index contributed by atoms with van der Waals surface area (Å²) in [5.41, 5.74) is -0.226. The van der Waals surface area contributed by atoms with Crippen molar-refractivity contribution in [1.29, 1.82) is 0 Å². The van der Waals surface area contributed by atoms with Gasteiger partial charge in [0.1, 0.15) is 6.04 Å². The quantitative estimate of drug-likeness (QED) is 0.879. The highest BCUT2D eigenvalue weighted by Gasteiger charge is 2.55. The molecule has 0 aromatic carbocycles. The van der Waals surface area contributed by atoms with E-state index in [2.05, 4.69) is 10.3 Å². The second-order valence-electron chi connectivity index (χ2n) is 9.14. The minimum Gasteiger partial charge on any atom is -0.343 e. The van der Waals surface area contributed by atoms with Crippen LogP contribution in [0.15, 0.2) is 16.6 Å². The van der Waals surface area contributed by atoms with Gasteiger partial charge in [-0.25, -0.2) is 0 Å². The van der Waals surface area contributed by atoms with Crippen molar-refractivity contribution < 1.29 is 9.59 Å². The van der Waals surface area contributed by atoms with Gasteiger partial charge in [-0.15, -0.1) is 11.3 Å². The van der Waals surface area contributed by atoms with E-state index in [1.54, 1.807) is 0 Å². The second kappa shape index (κ2) is 6.63. The van der Waals surface area contributed by atoms with E-state index in [0.717, 1.165) is 37.0 Å². The minimum absolute atomic E-state index is 0.0226. The molecule has 1 N–H and O–H groups in total. The monoisotopic (exact) mass is 375 g/mol. The first kappa shape index (κ1) is 18.0. The lowest BCUT2D eigenvalue weighted by atomic mass is 9.49. The summed E-state index contributed by atoms with van der Waals surface area (Å²) in [6.45, 7) is 3.96. The molecule has 4 aliphatic carbocycles. The molecule has 4 saturated carbocycles. The zero-order valence-electron chi connectivity index (χ0n) is 15.9. The van der Waals surface area contributed by atoms with E-state index in [1.165, 1.54) is 30.6 Å². The zero-order chi connectivity index (χ0) is 18.5. The van der Waals surface area contributed by atoms with E-state index in [1.807, 2.05) is 37.0 Å². The van der Waals surface area contributed by atoms with Crippen LogP contribution in [0.2, 0.25) is 0 Å². The third kappa shape index (κ3) is 3.17. The highest BCUT2D eigenvalue weighted by Crippen LogP contribution is 2.60. The van der Waals surface area contributed by atoms with E-state index in [-0.39, 0.29) is 23.1 Å². The van der Waals surface area contributed by atoms with Crippen LogP contribution in [-0.2, 0) is 16.6 Å². The topological polar surface area (TPSA) is 63.5 Å². The number of thiazole rings is 1. The van der Waals surface area contributed by atoms with Gasteiger partial charge in [0, 0.05) is 24.0 Å². The summed E-state index contributed by atoms with van der Waals surface area (Å²) < 4.78 is 1.83. The molecule has 1 aromatic heterocycles. The van der Waals surface area contributed by atoms with Crippen molar-refractivity contribution in [2.45, 2.75) is 58.4 Å².